The van der Waals surface area contributed by atoms with Crippen LogP contribution in [0.15, 0.2) is 18.2 Å². The standard InChI is InChI=1S/C24H34N2O4/c1-29-21-14-13-18(16-22(21)30-19-10-5-6-11-19)25-23(27)20-12-7-15-26(20)24(28)17-8-3-2-4-9-17/h13-14,16-17,19-20H,2-12,15H2,1H3,(H,25,27). The van der Waals surface area contributed by atoms with E-state index >= 15 is 0 Å². The lowest BCUT2D eigenvalue weighted by Gasteiger charge is -2.30. The monoisotopic (exact) mass is 414 g/mol. The molecule has 1 N–H and O–H groups in total. The van der Waals surface area contributed by atoms with E-state index < -0.39 is 0 Å². The van der Waals surface area contributed by atoms with Crippen molar-refractivity contribution in [2.24, 2.45) is 5.92 Å². The van der Waals surface area contributed by atoms with Crippen molar-refractivity contribution in [3.63, 3.8) is 0 Å². The third kappa shape index (κ3) is 4.73. The van der Waals surface area contributed by atoms with Crippen molar-refractivity contribution in [1.29, 1.82) is 0 Å². The van der Waals surface area contributed by atoms with Gasteiger partial charge >= 0.3 is 0 Å². The molecule has 1 aliphatic heterocycles. The fourth-order valence-electron chi connectivity index (χ4n) is 5.15. The number of amides is 2. The minimum absolute atomic E-state index is 0.0968. The molecule has 1 aromatic rings. The Hall–Kier alpha value is -2.24. The van der Waals surface area contributed by atoms with E-state index in [1.54, 1.807) is 7.11 Å². The number of carbonyl (C=O) groups excluding carboxylic acids is 2. The summed E-state index contributed by atoms with van der Waals surface area (Å²) in [6, 6.07) is 5.14. The van der Waals surface area contributed by atoms with E-state index in [1.165, 1.54) is 19.3 Å². The summed E-state index contributed by atoms with van der Waals surface area (Å²) in [5.41, 5.74) is 0.686. The Morgan fingerprint density at radius 2 is 1.67 bits per heavy atom. The average Bonchev–Trinajstić information content (AvgIpc) is 3.46. The van der Waals surface area contributed by atoms with Crippen LogP contribution in [0.3, 0.4) is 0 Å². The summed E-state index contributed by atoms with van der Waals surface area (Å²) < 4.78 is 11.6. The second-order valence-electron chi connectivity index (χ2n) is 8.90. The molecular formula is C24H34N2O4. The number of nitrogens with zero attached hydrogens (tertiary/aromatic N) is 1. The van der Waals surface area contributed by atoms with Gasteiger partial charge in [-0.15, -0.1) is 0 Å². The lowest BCUT2D eigenvalue weighted by molar-refractivity contribution is -0.141. The van der Waals surface area contributed by atoms with Crippen LogP contribution in [-0.4, -0.2) is 42.5 Å². The molecule has 30 heavy (non-hydrogen) atoms. The summed E-state index contributed by atoms with van der Waals surface area (Å²) in [4.78, 5) is 27.9. The van der Waals surface area contributed by atoms with Crippen LogP contribution < -0.4 is 14.8 Å². The Labute approximate surface area is 179 Å². The largest absolute Gasteiger partial charge is 0.493 e. The van der Waals surface area contributed by atoms with Crippen molar-refractivity contribution in [3.05, 3.63) is 18.2 Å². The summed E-state index contributed by atoms with van der Waals surface area (Å²) in [5, 5.41) is 3.02. The second-order valence-corrected chi connectivity index (χ2v) is 8.90. The topological polar surface area (TPSA) is 67.9 Å². The van der Waals surface area contributed by atoms with E-state index in [4.69, 9.17) is 9.47 Å². The Kier molecular flexibility index (Phi) is 6.80. The minimum atomic E-state index is -0.374. The first-order valence-electron chi connectivity index (χ1n) is 11.6. The van der Waals surface area contributed by atoms with Gasteiger partial charge in [0.15, 0.2) is 11.5 Å². The van der Waals surface area contributed by atoms with Crippen LogP contribution in [0.4, 0.5) is 5.69 Å². The number of likely N-dealkylation sites (tertiary alicyclic amines) is 1. The zero-order valence-electron chi connectivity index (χ0n) is 18.0. The molecule has 3 fully saturated rings. The molecule has 3 aliphatic rings. The second kappa shape index (κ2) is 9.71. The molecule has 2 amide bonds. The molecule has 1 heterocycles. The molecule has 0 spiro atoms. The maximum absolute atomic E-state index is 13.0. The normalized spacial score (nSPS) is 22.8. The third-order valence-corrected chi connectivity index (χ3v) is 6.82. The van der Waals surface area contributed by atoms with Gasteiger partial charge in [-0.1, -0.05) is 19.3 Å². The lowest BCUT2D eigenvalue weighted by Crippen LogP contribution is -2.46. The van der Waals surface area contributed by atoms with Gasteiger partial charge in [-0.3, -0.25) is 9.59 Å². The molecule has 6 nitrogen and oxygen atoms in total. The number of anilines is 1. The zero-order chi connectivity index (χ0) is 20.9. The van der Waals surface area contributed by atoms with Crippen LogP contribution in [0, 0.1) is 5.92 Å². The maximum Gasteiger partial charge on any atom is 0.247 e. The summed E-state index contributed by atoms with van der Waals surface area (Å²) in [6.07, 6.45) is 11.7. The first-order valence-corrected chi connectivity index (χ1v) is 11.6. The molecule has 164 valence electrons. The SMILES string of the molecule is COc1ccc(NC(=O)C2CCCN2C(=O)C2CCCCC2)cc1OC1CCCC1. The number of methoxy groups -OCH3 is 1. The Balaban J connectivity index is 1.42. The van der Waals surface area contributed by atoms with Gasteiger partial charge in [0.2, 0.25) is 11.8 Å². The van der Waals surface area contributed by atoms with Crippen LogP contribution in [0.2, 0.25) is 0 Å². The number of ether oxygens (including phenoxy) is 2. The zero-order valence-corrected chi connectivity index (χ0v) is 18.0. The number of benzene rings is 1. The molecular weight excluding hydrogens is 380 g/mol. The molecule has 2 aliphatic carbocycles. The smallest absolute Gasteiger partial charge is 0.247 e. The van der Waals surface area contributed by atoms with E-state index in [0.717, 1.165) is 51.4 Å². The van der Waals surface area contributed by atoms with Gasteiger partial charge < -0.3 is 19.7 Å². The maximum atomic E-state index is 13.0. The number of hydrogen-bond donors (Lipinski definition) is 1. The van der Waals surface area contributed by atoms with E-state index in [0.29, 0.717) is 23.7 Å². The third-order valence-electron chi connectivity index (χ3n) is 6.82. The highest BCUT2D eigenvalue weighted by atomic mass is 16.5. The fraction of sp³-hybridized carbons (Fsp3) is 0.667. The van der Waals surface area contributed by atoms with Crippen molar-refractivity contribution in [2.75, 3.05) is 19.0 Å². The van der Waals surface area contributed by atoms with Crippen molar-refractivity contribution in [3.8, 4) is 11.5 Å². The summed E-state index contributed by atoms with van der Waals surface area (Å²) in [6.45, 7) is 0.687. The Bertz CT molecular complexity index is 754. The first-order chi connectivity index (χ1) is 14.7. The van der Waals surface area contributed by atoms with Gasteiger partial charge in [0, 0.05) is 24.2 Å². The van der Waals surface area contributed by atoms with Crippen LogP contribution in [-0.2, 0) is 9.59 Å². The predicted octanol–water partition coefficient (Wildman–Crippen LogP) is 4.53. The van der Waals surface area contributed by atoms with E-state index in [1.807, 2.05) is 23.1 Å². The minimum Gasteiger partial charge on any atom is -0.493 e. The van der Waals surface area contributed by atoms with Crippen molar-refractivity contribution < 1.29 is 19.1 Å². The van der Waals surface area contributed by atoms with Crippen molar-refractivity contribution >= 4 is 17.5 Å². The van der Waals surface area contributed by atoms with Crippen LogP contribution in [0.5, 0.6) is 11.5 Å². The average molecular weight is 415 g/mol. The Morgan fingerprint density at radius 1 is 0.933 bits per heavy atom. The molecule has 1 aromatic carbocycles. The van der Waals surface area contributed by atoms with Gasteiger partial charge in [0.05, 0.1) is 13.2 Å². The molecule has 0 radical (unpaired) electrons. The molecule has 2 saturated carbocycles. The molecule has 6 heteroatoms. The summed E-state index contributed by atoms with van der Waals surface area (Å²) in [7, 11) is 1.63. The van der Waals surface area contributed by atoms with Gasteiger partial charge in [0.1, 0.15) is 6.04 Å². The fourth-order valence-corrected chi connectivity index (χ4v) is 5.15. The van der Waals surface area contributed by atoms with E-state index in [-0.39, 0.29) is 29.9 Å². The Morgan fingerprint density at radius 3 is 2.40 bits per heavy atom. The van der Waals surface area contributed by atoms with Crippen molar-refractivity contribution in [2.45, 2.75) is 82.8 Å². The number of hydrogen-bond acceptors (Lipinski definition) is 4. The highest BCUT2D eigenvalue weighted by Gasteiger charge is 2.37. The van der Waals surface area contributed by atoms with Gasteiger partial charge in [-0.2, -0.15) is 0 Å². The number of carbonyl (C=O) groups is 2. The van der Waals surface area contributed by atoms with Crippen molar-refractivity contribution in [1.82, 2.24) is 4.90 Å². The first kappa shape index (κ1) is 21.0. The van der Waals surface area contributed by atoms with Crippen LogP contribution in [0.25, 0.3) is 0 Å². The molecule has 1 atom stereocenters. The van der Waals surface area contributed by atoms with Gasteiger partial charge in [0.25, 0.3) is 0 Å². The predicted molar refractivity (Wildman–Crippen MR) is 116 cm³/mol. The number of rotatable bonds is 6. The number of nitrogens with one attached hydrogen (secondary N) is 1. The van der Waals surface area contributed by atoms with Crippen LogP contribution >= 0.6 is 0 Å². The quantitative estimate of drug-likeness (QED) is 0.743. The highest BCUT2D eigenvalue weighted by molar-refractivity contribution is 5.98. The van der Waals surface area contributed by atoms with E-state index in [9.17, 15) is 9.59 Å². The molecule has 1 saturated heterocycles. The molecule has 0 aromatic heterocycles. The molecule has 4 rings (SSSR count). The van der Waals surface area contributed by atoms with Gasteiger partial charge in [-0.05, 0) is 63.5 Å². The lowest BCUT2D eigenvalue weighted by atomic mass is 9.88. The highest BCUT2D eigenvalue weighted by Crippen LogP contribution is 2.34. The van der Waals surface area contributed by atoms with Crippen LogP contribution in [0.1, 0.15) is 70.6 Å². The van der Waals surface area contributed by atoms with Gasteiger partial charge in [-0.25, -0.2) is 0 Å². The summed E-state index contributed by atoms with van der Waals surface area (Å²) in [5.74, 6) is 1.51. The summed E-state index contributed by atoms with van der Waals surface area (Å²) >= 11 is 0. The molecule has 1 unspecified atom stereocenters. The van der Waals surface area contributed by atoms with E-state index in [2.05, 4.69) is 5.32 Å². The molecule has 0 bridgehead atoms.